The van der Waals surface area contributed by atoms with Crippen LogP contribution < -0.4 is 20.4 Å². The minimum Gasteiger partial charge on any atom is -0.505 e. The van der Waals surface area contributed by atoms with Crippen molar-refractivity contribution in [2.45, 2.75) is 18.8 Å². The predicted molar refractivity (Wildman–Crippen MR) is 203 cm³/mol. The van der Waals surface area contributed by atoms with Gasteiger partial charge in [0.1, 0.15) is 0 Å². The fourth-order valence-electron chi connectivity index (χ4n) is 8.95. The molecule has 0 radical (unpaired) electrons. The normalized spacial score (nSPS) is 24.5. The lowest BCUT2D eigenvalue weighted by Gasteiger charge is -2.44. The maximum absolute atomic E-state index is 15.0. The summed E-state index contributed by atoms with van der Waals surface area (Å²) in [5.41, 5.74) is 5.39. The maximum atomic E-state index is 15.0. The number of para-hydroxylation sites is 2. The van der Waals surface area contributed by atoms with Crippen LogP contribution in [0.3, 0.4) is 0 Å². The van der Waals surface area contributed by atoms with Crippen LogP contribution in [0.15, 0.2) is 139 Å². The van der Waals surface area contributed by atoms with Gasteiger partial charge in [0.15, 0.2) is 11.6 Å². The van der Waals surface area contributed by atoms with E-state index in [9.17, 15) is 28.7 Å². The minimum absolute atomic E-state index is 0.191. The van der Waals surface area contributed by atoms with Crippen molar-refractivity contribution in [1.82, 2.24) is 0 Å². The Labute approximate surface area is 310 Å². The van der Waals surface area contributed by atoms with Gasteiger partial charge < -0.3 is 15.7 Å². The molecule has 54 heavy (non-hydrogen) atoms. The summed E-state index contributed by atoms with van der Waals surface area (Å²) in [5.74, 6) is -7.21. The van der Waals surface area contributed by atoms with Gasteiger partial charge in [-0.05, 0) is 109 Å². The Balaban J connectivity index is 1.04. The highest BCUT2D eigenvalue weighted by Crippen LogP contribution is 2.58. The van der Waals surface area contributed by atoms with E-state index in [1.54, 1.807) is 42.5 Å². The van der Waals surface area contributed by atoms with Crippen LogP contribution >= 0.6 is 0 Å². The zero-order valence-corrected chi connectivity index (χ0v) is 28.9. The number of anilines is 6. The number of imide groups is 2. The summed E-state index contributed by atoms with van der Waals surface area (Å²) < 4.78 is 15.0. The van der Waals surface area contributed by atoms with Gasteiger partial charge in [-0.2, -0.15) is 0 Å². The number of phenols is 1. The molecule has 2 aliphatic carbocycles. The van der Waals surface area contributed by atoms with Gasteiger partial charge in [0.2, 0.25) is 23.6 Å². The molecule has 10 heteroatoms. The summed E-state index contributed by atoms with van der Waals surface area (Å²) in [5, 5.41) is 16.7. The monoisotopic (exact) mass is 718 g/mol. The van der Waals surface area contributed by atoms with Crippen LogP contribution in [0, 0.1) is 35.4 Å². The summed E-state index contributed by atoms with van der Waals surface area (Å²) in [6.45, 7) is 0. The molecule has 268 valence electrons. The largest absolute Gasteiger partial charge is 0.505 e. The molecular formula is C44H35FN4O5. The molecule has 0 unspecified atom stereocenters. The lowest BCUT2D eigenvalue weighted by molar-refractivity contribution is -0.126. The summed E-state index contributed by atoms with van der Waals surface area (Å²) in [7, 11) is 0. The third kappa shape index (κ3) is 5.53. The quantitative estimate of drug-likeness (QED) is 0.115. The summed E-state index contributed by atoms with van der Waals surface area (Å²) in [6, 6.07) is 37.4. The van der Waals surface area contributed by atoms with Crippen molar-refractivity contribution in [2.75, 3.05) is 20.4 Å². The van der Waals surface area contributed by atoms with Gasteiger partial charge in [-0.15, -0.1) is 0 Å². The van der Waals surface area contributed by atoms with Gasteiger partial charge in [0, 0.05) is 28.7 Å². The molecule has 0 spiro atoms. The molecule has 4 aliphatic rings. The van der Waals surface area contributed by atoms with Crippen molar-refractivity contribution in [3.05, 3.63) is 150 Å². The third-order valence-corrected chi connectivity index (χ3v) is 11.4. The number of carbonyl (C=O) groups excluding carboxylic acids is 4. The van der Waals surface area contributed by atoms with Gasteiger partial charge in [-0.1, -0.05) is 54.1 Å². The minimum atomic E-state index is -0.865. The van der Waals surface area contributed by atoms with Gasteiger partial charge in [-0.3, -0.25) is 29.0 Å². The van der Waals surface area contributed by atoms with Gasteiger partial charge in [-0.25, -0.2) is 4.39 Å². The zero-order chi connectivity index (χ0) is 37.1. The first-order valence-corrected chi connectivity index (χ1v) is 18.0. The van der Waals surface area contributed by atoms with Crippen molar-refractivity contribution in [3.63, 3.8) is 0 Å². The second kappa shape index (κ2) is 13.1. The Morgan fingerprint density at radius 3 is 1.59 bits per heavy atom. The van der Waals surface area contributed by atoms with Crippen LogP contribution in [0.2, 0.25) is 0 Å². The standard InChI is InChI=1S/C44H35FN4O5/c45-36-23-25(11-22-37(36)50)38-32-20-21-33-39(43(53)48(41(33)51)30-16-12-28(13-17-30)46-26-7-3-1-4-8-26)34(32)24-35-40(38)44(54)49(42(35)52)31-18-14-29(15-19-31)47-27-9-5-2-6-10-27/h1-20,22-23,33-35,38-40,46-47,50H,21,24H2/t33-,34+,35+,38-,39-,40+/m0/s1. The number of nitrogens with one attached hydrogen (secondary N) is 2. The lowest BCUT2D eigenvalue weighted by Crippen LogP contribution is -2.43. The Hall–Kier alpha value is -6.55. The summed E-state index contributed by atoms with van der Waals surface area (Å²) in [6.07, 6.45) is 2.38. The molecule has 6 atom stereocenters. The fraction of sp³-hybridized carbons (Fsp3) is 0.182. The first-order chi connectivity index (χ1) is 26.3. The molecule has 2 saturated heterocycles. The Kier molecular flexibility index (Phi) is 8.10. The molecule has 9 nitrogen and oxygen atoms in total. The first-order valence-electron chi connectivity index (χ1n) is 18.0. The number of hydrogen-bond acceptors (Lipinski definition) is 7. The molecule has 5 aromatic rings. The van der Waals surface area contributed by atoms with E-state index < -0.39 is 58.9 Å². The topological polar surface area (TPSA) is 119 Å². The van der Waals surface area contributed by atoms with Crippen molar-refractivity contribution >= 4 is 57.8 Å². The molecule has 2 heterocycles. The number of fused-ring (bicyclic) bond motifs is 4. The molecular weight excluding hydrogens is 684 g/mol. The number of nitrogens with zero attached hydrogens (tertiary/aromatic N) is 2. The number of halogens is 1. The van der Waals surface area contributed by atoms with E-state index >= 15 is 0 Å². The molecule has 1 saturated carbocycles. The summed E-state index contributed by atoms with van der Waals surface area (Å²) in [4.78, 5) is 59.7. The van der Waals surface area contributed by atoms with Crippen molar-refractivity contribution in [1.29, 1.82) is 0 Å². The SMILES string of the molecule is O=C1[C@H]2[C@H](CC=C3[C@H]2C[C@H]2C(=O)N(c4ccc(Nc5ccccc5)cc4)C(=O)[C@H]2[C@H]3c2ccc(O)c(F)c2)C(=O)N1c1ccc(Nc2ccccc2)cc1. The van der Waals surface area contributed by atoms with Crippen LogP contribution in [-0.2, 0) is 19.2 Å². The number of allylic oxidation sites excluding steroid dienone is 2. The number of phenolic OH excluding ortho intramolecular Hbond substituents is 1. The van der Waals surface area contributed by atoms with E-state index in [4.69, 9.17) is 0 Å². The van der Waals surface area contributed by atoms with Crippen LogP contribution in [0.4, 0.5) is 38.5 Å². The smallest absolute Gasteiger partial charge is 0.238 e. The average molecular weight is 719 g/mol. The Morgan fingerprint density at radius 2 is 1.06 bits per heavy atom. The molecule has 0 bridgehead atoms. The van der Waals surface area contributed by atoms with Crippen LogP contribution in [0.5, 0.6) is 5.75 Å². The van der Waals surface area contributed by atoms with Gasteiger partial charge >= 0.3 is 0 Å². The van der Waals surface area contributed by atoms with E-state index in [1.807, 2.05) is 78.9 Å². The maximum Gasteiger partial charge on any atom is 0.238 e. The van der Waals surface area contributed by atoms with Gasteiger partial charge in [0.25, 0.3) is 0 Å². The van der Waals surface area contributed by atoms with Crippen LogP contribution in [0.25, 0.3) is 0 Å². The highest BCUT2D eigenvalue weighted by atomic mass is 19.1. The second-order valence-electron chi connectivity index (χ2n) is 14.3. The number of carbonyl (C=O) groups is 4. The molecule has 3 fully saturated rings. The van der Waals surface area contributed by atoms with Crippen molar-refractivity contribution in [2.24, 2.45) is 29.6 Å². The van der Waals surface area contributed by atoms with Crippen LogP contribution in [0.1, 0.15) is 24.3 Å². The van der Waals surface area contributed by atoms with E-state index in [0.29, 0.717) is 16.9 Å². The van der Waals surface area contributed by atoms with E-state index in [2.05, 4.69) is 10.6 Å². The molecule has 9 rings (SSSR count). The van der Waals surface area contributed by atoms with Crippen molar-refractivity contribution in [3.8, 4) is 5.75 Å². The lowest BCUT2D eigenvalue weighted by atomic mass is 9.57. The van der Waals surface area contributed by atoms with Crippen molar-refractivity contribution < 1.29 is 28.7 Å². The van der Waals surface area contributed by atoms with Crippen LogP contribution in [-0.4, -0.2) is 28.7 Å². The number of benzene rings is 5. The summed E-state index contributed by atoms with van der Waals surface area (Å²) >= 11 is 0. The number of hydrogen-bond donors (Lipinski definition) is 3. The highest BCUT2D eigenvalue weighted by Gasteiger charge is 2.62. The van der Waals surface area contributed by atoms with Gasteiger partial charge in [0.05, 0.1) is 35.0 Å². The van der Waals surface area contributed by atoms with E-state index in [-0.39, 0.29) is 24.7 Å². The van der Waals surface area contributed by atoms with E-state index in [0.717, 1.165) is 28.3 Å². The Morgan fingerprint density at radius 1 is 0.556 bits per heavy atom. The number of rotatable bonds is 7. The molecule has 3 N–H and O–H groups in total. The molecule has 2 aliphatic heterocycles. The molecule has 5 aromatic carbocycles. The first kappa shape index (κ1) is 33.3. The number of aromatic hydroxyl groups is 1. The molecule has 4 amide bonds. The number of amides is 4. The molecule has 0 aromatic heterocycles. The second-order valence-corrected chi connectivity index (χ2v) is 14.3. The van der Waals surface area contributed by atoms with E-state index in [1.165, 1.54) is 21.9 Å². The average Bonchev–Trinajstić information content (AvgIpc) is 3.60. The predicted octanol–water partition coefficient (Wildman–Crippen LogP) is 8.06. The highest BCUT2D eigenvalue weighted by molar-refractivity contribution is 6.24. The third-order valence-electron chi connectivity index (χ3n) is 11.4. The zero-order valence-electron chi connectivity index (χ0n) is 28.9. The Bertz CT molecular complexity index is 2330. The fourth-order valence-corrected chi connectivity index (χ4v) is 8.95.